The monoisotopic (exact) mass is 134 g/mol. The highest BCUT2D eigenvalue weighted by Gasteiger charge is 2.29. The molecule has 0 nitrogen and oxygen atoms in total. The zero-order valence-electron chi connectivity index (χ0n) is 5.61. The molecule has 0 aromatic heterocycles. The lowest BCUT2D eigenvalue weighted by Crippen LogP contribution is -2.28. The highest BCUT2D eigenvalue weighted by molar-refractivity contribution is 4.78. The number of hydrogen-bond donors (Lipinski definition) is 0. The molecule has 1 fully saturated rings. The van der Waals surface area contributed by atoms with Crippen LogP contribution in [0.25, 0.3) is 0 Å². The minimum absolute atomic E-state index is 0.362. The summed E-state index contributed by atoms with van der Waals surface area (Å²) in [4.78, 5) is 0. The summed E-state index contributed by atoms with van der Waals surface area (Å²) < 4.78 is 25.2. The Hall–Kier alpha value is -0.140. The van der Waals surface area contributed by atoms with Crippen LogP contribution < -0.4 is 0 Å². The van der Waals surface area contributed by atoms with E-state index in [0.717, 1.165) is 0 Å². The minimum atomic E-state index is -0.895. The standard InChI is InChI=1S/C7H12F2/c1-5-6(8)3-2-4-7(5)9/h5-7H,2-4H2,1H3/t5?,6-,7+. The molecular weight excluding hydrogens is 122 g/mol. The lowest BCUT2D eigenvalue weighted by molar-refractivity contribution is 0.0882. The fourth-order valence-corrected chi connectivity index (χ4v) is 1.26. The van der Waals surface area contributed by atoms with Crippen molar-refractivity contribution >= 4 is 0 Å². The summed E-state index contributed by atoms with van der Waals surface area (Å²) in [6, 6.07) is 0. The van der Waals surface area contributed by atoms with E-state index in [2.05, 4.69) is 0 Å². The molecule has 0 saturated heterocycles. The largest absolute Gasteiger partial charge is 0.247 e. The first-order valence-corrected chi connectivity index (χ1v) is 3.50. The van der Waals surface area contributed by atoms with Crippen molar-refractivity contribution in [2.45, 2.75) is 38.5 Å². The van der Waals surface area contributed by atoms with Gasteiger partial charge in [-0.3, -0.25) is 0 Å². The summed E-state index contributed by atoms with van der Waals surface area (Å²) in [5.41, 5.74) is 0. The maximum absolute atomic E-state index is 12.6. The van der Waals surface area contributed by atoms with Crippen LogP contribution in [0.2, 0.25) is 0 Å². The van der Waals surface area contributed by atoms with Gasteiger partial charge in [-0.15, -0.1) is 0 Å². The minimum Gasteiger partial charge on any atom is -0.247 e. The topological polar surface area (TPSA) is 0 Å². The van der Waals surface area contributed by atoms with E-state index in [1.165, 1.54) is 0 Å². The fraction of sp³-hybridized carbons (Fsp3) is 1.00. The molecule has 54 valence electrons. The normalized spacial score (nSPS) is 45.0. The Bertz CT molecular complexity index is 82.9. The molecule has 0 bridgehead atoms. The van der Waals surface area contributed by atoms with Gasteiger partial charge in [0.05, 0.1) is 0 Å². The van der Waals surface area contributed by atoms with Crippen molar-refractivity contribution < 1.29 is 8.78 Å². The van der Waals surface area contributed by atoms with Gasteiger partial charge in [0.15, 0.2) is 0 Å². The molecule has 0 spiro atoms. The second kappa shape index (κ2) is 2.63. The van der Waals surface area contributed by atoms with Crippen molar-refractivity contribution in [1.82, 2.24) is 0 Å². The first-order valence-electron chi connectivity index (χ1n) is 3.50. The first kappa shape index (κ1) is 6.97. The predicted octanol–water partition coefficient (Wildman–Crippen LogP) is 2.48. The van der Waals surface area contributed by atoms with Gasteiger partial charge in [0, 0.05) is 5.92 Å². The Labute approximate surface area is 54.3 Å². The van der Waals surface area contributed by atoms with Gasteiger partial charge < -0.3 is 0 Å². The average molecular weight is 134 g/mol. The first-order chi connectivity index (χ1) is 4.22. The van der Waals surface area contributed by atoms with E-state index in [4.69, 9.17) is 0 Å². The molecule has 1 unspecified atom stereocenters. The number of rotatable bonds is 0. The lowest BCUT2D eigenvalue weighted by atomic mass is 9.87. The second-order valence-electron chi connectivity index (χ2n) is 2.82. The highest BCUT2D eigenvalue weighted by Crippen LogP contribution is 2.28. The van der Waals surface area contributed by atoms with Crippen LogP contribution in [-0.2, 0) is 0 Å². The summed E-state index contributed by atoms with van der Waals surface area (Å²) in [5.74, 6) is -0.362. The van der Waals surface area contributed by atoms with Gasteiger partial charge in [-0.25, -0.2) is 8.78 Å². The quantitative estimate of drug-likeness (QED) is 0.477. The second-order valence-corrected chi connectivity index (χ2v) is 2.82. The summed E-state index contributed by atoms with van der Waals surface area (Å²) in [7, 11) is 0. The van der Waals surface area contributed by atoms with E-state index in [-0.39, 0.29) is 5.92 Å². The van der Waals surface area contributed by atoms with Crippen LogP contribution in [0.3, 0.4) is 0 Å². The van der Waals surface area contributed by atoms with Crippen molar-refractivity contribution in [1.29, 1.82) is 0 Å². The van der Waals surface area contributed by atoms with Gasteiger partial charge in [0.2, 0.25) is 0 Å². The Kier molecular flexibility index (Phi) is 2.04. The zero-order chi connectivity index (χ0) is 6.85. The van der Waals surface area contributed by atoms with Gasteiger partial charge in [-0.1, -0.05) is 6.92 Å². The number of hydrogen-bond acceptors (Lipinski definition) is 0. The molecule has 0 aliphatic heterocycles. The van der Waals surface area contributed by atoms with Crippen LogP contribution in [0.15, 0.2) is 0 Å². The maximum atomic E-state index is 12.6. The molecule has 0 N–H and O–H groups in total. The van der Waals surface area contributed by atoms with Gasteiger partial charge in [-0.05, 0) is 19.3 Å². The molecule has 2 heteroatoms. The van der Waals surface area contributed by atoms with Crippen LogP contribution >= 0.6 is 0 Å². The molecule has 1 rings (SSSR count). The van der Waals surface area contributed by atoms with Crippen molar-refractivity contribution in [2.75, 3.05) is 0 Å². The van der Waals surface area contributed by atoms with Gasteiger partial charge in [-0.2, -0.15) is 0 Å². The third-order valence-corrected chi connectivity index (χ3v) is 2.10. The molecule has 0 aromatic rings. The molecule has 0 radical (unpaired) electrons. The maximum Gasteiger partial charge on any atom is 0.105 e. The average Bonchev–Trinajstić information content (AvgIpc) is 1.83. The SMILES string of the molecule is CC1[C@H](F)CCC[C@@H]1F. The van der Waals surface area contributed by atoms with Gasteiger partial charge in [0.1, 0.15) is 12.3 Å². The van der Waals surface area contributed by atoms with E-state index in [1.54, 1.807) is 6.92 Å². The zero-order valence-corrected chi connectivity index (χ0v) is 5.61. The van der Waals surface area contributed by atoms with Gasteiger partial charge >= 0.3 is 0 Å². The molecule has 1 saturated carbocycles. The molecule has 0 heterocycles. The number of halogens is 2. The smallest absolute Gasteiger partial charge is 0.105 e. The fourth-order valence-electron chi connectivity index (χ4n) is 1.26. The highest BCUT2D eigenvalue weighted by atomic mass is 19.1. The summed E-state index contributed by atoms with van der Waals surface area (Å²) in [6.45, 7) is 1.65. The van der Waals surface area contributed by atoms with Crippen LogP contribution in [0.5, 0.6) is 0 Å². The summed E-state index contributed by atoms with van der Waals surface area (Å²) in [5, 5.41) is 0. The van der Waals surface area contributed by atoms with Crippen LogP contribution in [-0.4, -0.2) is 12.3 Å². The van der Waals surface area contributed by atoms with Crippen molar-refractivity contribution in [2.24, 2.45) is 5.92 Å². The van der Waals surface area contributed by atoms with E-state index >= 15 is 0 Å². The molecule has 1 aliphatic carbocycles. The molecule has 3 atom stereocenters. The van der Waals surface area contributed by atoms with Crippen molar-refractivity contribution in [3.05, 3.63) is 0 Å². The van der Waals surface area contributed by atoms with Crippen molar-refractivity contribution in [3.63, 3.8) is 0 Å². The Morgan fingerprint density at radius 2 is 1.56 bits per heavy atom. The third kappa shape index (κ3) is 1.41. The van der Waals surface area contributed by atoms with E-state index in [0.29, 0.717) is 19.3 Å². The third-order valence-electron chi connectivity index (χ3n) is 2.10. The summed E-state index contributed by atoms with van der Waals surface area (Å²) in [6.07, 6.45) is 0.0399. The van der Waals surface area contributed by atoms with E-state index < -0.39 is 12.3 Å². The predicted molar refractivity (Wildman–Crippen MR) is 32.8 cm³/mol. The molecule has 1 aliphatic rings. The van der Waals surface area contributed by atoms with Gasteiger partial charge in [0.25, 0.3) is 0 Å². The van der Waals surface area contributed by atoms with E-state index in [9.17, 15) is 8.78 Å². The summed E-state index contributed by atoms with van der Waals surface area (Å²) >= 11 is 0. The van der Waals surface area contributed by atoms with Crippen molar-refractivity contribution in [3.8, 4) is 0 Å². The number of alkyl halides is 2. The van der Waals surface area contributed by atoms with Crippen LogP contribution in [0.4, 0.5) is 8.78 Å². The Morgan fingerprint density at radius 3 is 1.89 bits per heavy atom. The molecular formula is C7H12F2. The van der Waals surface area contributed by atoms with E-state index in [1.807, 2.05) is 0 Å². The molecule has 0 aromatic carbocycles. The lowest BCUT2D eigenvalue weighted by Gasteiger charge is -2.25. The Morgan fingerprint density at radius 1 is 1.11 bits per heavy atom. The molecule has 0 amide bonds. The Balaban J connectivity index is 2.41. The van der Waals surface area contributed by atoms with Crippen LogP contribution in [0.1, 0.15) is 26.2 Å². The molecule has 9 heavy (non-hydrogen) atoms. The van der Waals surface area contributed by atoms with Crippen LogP contribution in [0, 0.1) is 5.92 Å².